The van der Waals surface area contributed by atoms with Crippen molar-refractivity contribution in [1.82, 2.24) is 5.16 Å². The molecule has 0 unspecified atom stereocenters. The highest BCUT2D eigenvalue weighted by molar-refractivity contribution is 5.25. The summed E-state index contributed by atoms with van der Waals surface area (Å²) in [5.74, 6) is 1.88. The Kier molecular flexibility index (Phi) is 2.36. The Balaban J connectivity index is 2.25. The first-order chi connectivity index (χ1) is 6.35. The van der Waals surface area contributed by atoms with Crippen molar-refractivity contribution in [3.8, 4) is 0 Å². The van der Waals surface area contributed by atoms with Crippen LogP contribution in [-0.2, 0) is 19.4 Å². The smallest absolute Gasteiger partial charge is 0.140 e. The molecule has 0 aromatic carbocycles. The van der Waals surface area contributed by atoms with E-state index in [0.29, 0.717) is 6.54 Å². The van der Waals surface area contributed by atoms with Crippen LogP contribution >= 0.6 is 0 Å². The summed E-state index contributed by atoms with van der Waals surface area (Å²) in [6.45, 7) is 2.75. The molecule has 0 amide bonds. The number of aryl methyl sites for hydroxylation is 1. The molecule has 3 heteroatoms. The maximum atomic E-state index is 5.58. The summed E-state index contributed by atoms with van der Waals surface area (Å²) in [6.07, 6.45) is 4.64. The van der Waals surface area contributed by atoms with E-state index in [2.05, 4.69) is 12.1 Å². The highest BCUT2D eigenvalue weighted by atomic mass is 16.5. The first kappa shape index (κ1) is 8.75. The standard InChI is InChI=1S/C10H16N2O/c1-2-7-3-4-10-8(5-7)9(6-11)12-13-10/h7H,2-6,11H2,1H3/t7-/m0/s1. The minimum absolute atomic E-state index is 0.509. The molecule has 0 spiro atoms. The molecule has 1 aromatic heterocycles. The van der Waals surface area contributed by atoms with Crippen LogP contribution < -0.4 is 5.73 Å². The largest absolute Gasteiger partial charge is 0.361 e. The molecule has 0 fully saturated rings. The first-order valence-corrected chi connectivity index (χ1v) is 5.01. The molecule has 0 radical (unpaired) electrons. The van der Waals surface area contributed by atoms with Crippen LogP contribution in [0.15, 0.2) is 4.52 Å². The van der Waals surface area contributed by atoms with E-state index >= 15 is 0 Å². The number of nitrogens with zero attached hydrogens (tertiary/aromatic N) is 1. The number of hydrogen-bond donors (Lipinski definition) is 1. The van der Waals surface area contributed by atoms with E-state index in [4.69, 9.17) is 10.3 Å². The lowest BCUT2D eigenvalue weighted by molar-refractivity contribution is 0.344. The van der Waals surface area contributed by atoms with E-state index in [1.165, 1.54) is 18.4 Å². The Hall–Kier alpha value is -0.830. The summed E-state index contributed by atoms with van der Waals surface area (Å²) in [6, 6.07) is 0. The number of aromatic nitrogens is 1. The molecule has 0 bridgehead atoms. The van der Waals surface area contributed by atoms with Gasteiger partial charge in [0.15, 0.2) is 0 Å². The van der Waals surface area contributed by atoms with E-state index in [9.17, 15) is 0 Å². The van der Waals surface area contributed by atoms with Gasteiger partial charge in [0, 0.05) is 18.5 Å². The Morgan fingerprint density at radius 2 is 2.46 bits per heavy atom. The zero-order chi connectivity index (χ0) is 9.26. The van der Waals surface area contributed by atoms with E-state index in [1.807, 2.05) is 0 Å². The van der Waals surface area contributed by atoms with E-state index < -0.39 is 0 Å². The molecule has 2 rings (SSSR count). The van der Waals surface area contributed by atoms with Gasteiger partial charge < -0.3 is 10.3 Å². The fraction of sp³-hybridized carbons (Fsp3) is 0.700. The number of rotatable bonds is 2. The molecule has 2 N–H and O–H groups in total. The van der Waals surface area contributed by atoms with E-state index in [1.54, 1.807) is 0 Å². The van der Waals surface area contributed by atoms with Crippen molar-refractivity contribution in [3.63, 3.8) is 0 Å². The molecule has 3 nitrogen and oxygen atoms in total. The van der Waals surface area contributed by atoms with Gasteiger partial charge in [-0.3, -0.25) is 0 Å². The summed E-state index contributed by atoms with van der Waals surface area (Å²) in [4.78, 5) is 0. The molecule has 72 valence electrons. The Morgan fingerprint density at radius 1 is 1.62 bits per heavy atom. The van der Waals surface area contributed by atoms with Crippen molar-refractivity contribution in [2.24, 2.45) is 11.7 Å². The Morgan fingerprint density at radius 3 is 3.15 bits per heavy atom. The molecule has 0 aliphatic heterocycles. The van der Waals surface area contributed by atoms with E-state index in [0.717, 1.165) is 30.2 Å². The molecule has 0 saturated carbocycles. The molecule has 0 saturated heterocycles. The lowest BCUT2D eigenvalue weighted by Crippen LogP contribution is -2.14. The second-order valence-corrected chi connectivity index (χ2v) is 3.75. The molecule has 1 aliphatic carbocycles. The quantitative estimate of drug-likeness (QED) is 0.752. The van der Waals surface area contributed by atoms with Crippen LogP contribution in [0.5, 0.6) is 0 Å². The lowest BCUT2D eigenvalue weighted by Gasteiger charge is -2.19. The van der Waals surface area contributed by atoms with Crippen LogP contribution in [-0.4, -0.2) is 5.16 Å². The van der Waals surface area contributed by atoms with E-state index in [-0.39, 0.29) is 0 Å². The summed E-state index contributed by atoms with van der Waals surface area (Å²) >= 11 is 0. The summed E-state index contributed by atoms with van der Waals surface area (Å²) in [7, 11) is 0. The predicted molar refractivity (Wildman–Crippen MR) is 50.2 cm³/mol. The summed E-state index contributed by atoms with van der Waals surface area (Å²) in [5.41, 5.74) is 7.84. The van der Waals surface area contributed by atoms with Crippen LogP contribution in [0.3, 0.4) is 0 Å². The van der Waals surface area contributed by atoms with Crippen molar-refractivity contribution >= 4 is 0 Å². The summed E-state index contributed by atoms with van der Waals surface area (Å²) in [5, 5.41) is 3.99. The third-order valence-electron chi connectivity index (χ3n) is 2.99. The zero-order valence-electron chi connectivity index (χ0n) is 8.05. The van der Waals surface area contributed by atoms with Gasteiger partial charge >= 0.3 is 0 Å². The van der Waals surface area contributed by atoms with Gasteiger partial charge in [0.05, 0.1) is 0 Å². The van der Waals surface area contributed by atoms with Crippen molar-refractivity contribution in [1.29, 1.82) is 0 Å². The first-order valence-electron chi connectivity index (χ1n) is 5.01. The van der Waals surface area contributed by atoms with Crippen LogP contribution in [0.2, 0.25) is 0 Å². The highest BCUT2D eigenvalue weighted by Gasteiger charge is 2.23. The van der Waals surface area contributed by atoms with Gasteiger partial charge in [-0.2, -0.15) is 0 Å². The van der Waals surface area contributed by atoms with Gasteiger partial charge in [-0.15, -0.1) is 0 Å². The van der Waals surface area contributed by atoms with Crippen LogP contribution in [0.1, 0.15) is 36.8 Å². The normalized spacial score (nSPS) is 21.5. The predicted octanol–water partition coefficient (Wildman–Crippen LogP) is 1.65. The SMILES string of the molecule is CC[C@H]1CCc2onc(CN)c2C1. The van der Waals surface area contributed by atoms with Gasteiger partial charge in [0.2, 0.25) is 0 Å². The molecular weight excluding hydrogens is 164 g/mol. The fourth-order valence-electron chi connectivity index (χ4n) is 2.04. The van der Waals surface area contributed by atoms with Gasteiger partial charge in [-0.1, -0.05) is 18.5 Å². The second kappa shape index (κ2) is 3.50. The molecule has 1 heterocycles. The lowest BCUT2D eigenvalue weighted by atomic mass is 9.85. The second-order valence-electron chi connectivity index (χ2n) is 3.75. The van der Waals surface area contributed by atoms with Gasteiger partial charge in [-0.05, 0) is 18.8 Å². The van der Waals surface area contributed by atoms with Crippen molar-refractivity contribution in [2.45, 2.75) is 39.2 Å². The minimum atomic E-state index is 0.509. The van der Waals surface area contributed by atoms with Crippen LogP contribution in [0, 0.1) is 5.92 Å². The Labute approximate surface area is 78.3 Å². The number of nitrogens with two attached hydrogens (primary N) is 1. The summed E-state index contributed by atoms with van der Waals surface area (Å²) < 4.78 is 5.24. The number of hydrogen-bond acceptors (Lipinski definition) is 3. The molecular formula is C10H16N2O. The van der Waals surface area contributed by atoms with Crippen LogP contribution in [0.4, 0.5) is 0 Å². The topological polar surface area (TPSA) is 52.0 Å². The molecule has 1 aromatic rings. The molecule has 13 heavy (non-hydrogen) atoms. The van der Waals surface area contributed by atoms with Crippen molar-refractivity contribution in [3.05, 3.63) is 17.0 Å². The third-order valence-corrected chi connectivity index (χ3v) is 2.99. The molecule has 1 atom stereocenters. The molecule has 1 aliphatic rings. The maximum absolute atomic E-state index is 5.58. The third kappa shape index (κ3) is 1.48. The minimum Gasteiger partial charge on any atom is -0.361 e. The van der Waals surface area contributed by atoms with Crippen molar-refractivity contribution < 1.29 is 4.52 Å². The highest BCUT2D eigenvalue weighted by Crippen LogP contribution is 2.29. The van der Waals surface area contributed by atoms with Gasteiger partial charge in [0.25, 0.3) is 0 Å². The van der Waals surface area contributed by atoms with Crippen LogP contribution in [0.25, 0.3) is 0 Å². The monoisotopic (exact) mass is 180 g/mol. The average molecular weight is 180 g/mol. The Bertz CT molecular complexity index is 280. The number of fused-ring (bicyclic) bond motifs is 1. The maximum Gasteiger partial charge on any atom is 0.140 e. The van der Waals surface area contributed by atoms with Gasteiger partial charge in [-0.25, -0.2) is 0 Å². The average Bonchev–Trinajstić information content (AvgIpc) is 2.59. The fourth-order valence-corrected chi connectivity index (χ4v) is 2.04. The van der Waals surface area contributed by atoms with Crippen molar-refractivity contribution in [2.75, 3.05) is 0 Å². The van der Waals surface area contributed by atoms with Gasteiger partial charge in [0.1, 0.15) is 11.5 Å². The zero-order valence-corrected chi connectivity index (χ0v) is 8.05.